The van der Waals surface area contributed by atoms with E-state index in [9.17, 15) is 13.2 Å². The number of sulfonamides is 1. The lowest BCUT2D eigenvalue weighted by molar-refractivity contribution is 0.0438. The van der Waals surface area contributed by atoms with Crippen molar-refractivity contribution in [3.8, 4) is 5.75 Å². The van der Waals surface area contributed by atoms with Crippen molar-refractivity contribution in [2.75, 3.05) is 27.4 Å². The molecule has 9 heteroatoms. The Morgan fingerprint density at radius 1 is 1.30 bits per heavy atom. The van der Waals surface area contributed by atoms with E-state index in [4.69, 9.17) is 20.0 Å². The largest absolute Gasteiger partial charge is 0.496 e. The predicted octanol–water partition coefficient (Wildman–Crippen LogP) is -0.350. The second-order valence-electron chi connectivity index (χ2n) is 3.65. The summed E-state index contributed by atoms with van der Waals surface area (Å²) < 4.78 is 33.4. The van der Waals surface area contributed by atoms with Crippen molar-refractivity contribution in [1.29, 1.82) is 0 Å². The van der Waals surface area contributed by atoms with E-state index in [1.165, 1.54) is 26.4 Å². The number of primary amides is 1. The third kappa shape index (κ3) is 4.17. The van der Waals surface area contributed by atoms with Crippen LogP contribution in [0, 0.1) is 0 Å². The van der Waals surface area contributed by atoms with E-state index < -0.39 is 15.9 Å². The van der Waals surface area contributed by atoms with Crippen molar-refractivity contribution in [2.45, 2.75) is 4.90 Å². The zero-order valence-electron chi connectivity index (χ0n) is 11.1. The van der Waals surface area contributed by atoms with Gasteiger partial charge in [-0.2, -0.15) is 0 Å². The standard InChI is InChI=1S/C11H16N2O6S/c1-17-5-6-19-13-20(15,16)8-3-4-10(18-2)9(7-8)11(12)14/h3-4,7,13H,5-6H2,1-2H3,(H2,12,14). The number of carbonyl (C=O) groups is 1. The molecule has 0 fully saturated rings. The van der Waals surface area contributed by atoms with E-state index in [-0.39, 0.29) is 29.4 Å². The van der Waals surface area contributed by atoms with E-state index in [2.05, 4.69) is 0 Å². The fraction of sp³-hybridized carbons (Fsp3) is 0.364. The lowest BCUT2D eigenvalue weighted by Gasteiger charge is -2.10. The molecule has 0 radical (unpaired) electrons. The Labute approximate surface area is 116 Å². The molecule has 1 amide bonds. The number of nitrogens with one attached hydrogen (secondary N) is 1. The molecule has 1 rings (SSSR count). The highest BCUT2D eigenvalue weighted by Crippen LogP contribution is 2.21. The van der Waals surface area contributed by atoms with E-state index in [1.54, 1.807) is 0 Å². The van der Waals surface area contributed by atoms with Gasteiger partial charge in [-0.15, -0.1) is 0 Å². The van der Waals surface area contributed by atoms with Gasteiger partial charge in [-0.05, 0) is 18.2 Å². The summed E-state index contributed by atoms with van der Waals surface area (Å²) in [6.07, 6.45) is 0. The lowest BCUT2D eigenvalue weighted by Crippen LogP contribution is -2.26. The summed E-state index contributed by atoms with van der Waals surface area (Å²) in [4.78, 5) is 17.7. The number of hydrogen-bond donors (Lipinski definition) is 2. The molecule has 0 bridgehead atoms. The summed E-state index contributed by atoms with van der Waals surface area (Å²) in [6.45, 7) is 0.284. The molecule has 0 aliphatic carbocycles. The van der Waals surface area contributed by atoms with Crippen LogP contribution < -0.4 is 15.4 Å². The van der Waals surface area contributed by atoms with Crippen LogP contribution in [0.4, 0.5) is 0 Å². The number of amides is 1. The van der Waals surface area contributed by atoms with Gasteiger partial charge in [-0.1, -0.05) is 4.89 Å². The zero-order valence-corrected chi connectivity index (χ0v) is 11.9. The third-order valence-electron chi connectivity index (χ3n) is 2.30. The van der Waals surface area contributed by atoms with Gasteiger partial charge in [0.1, 0.15) is 5.75 Å². The van der Waals surface area contributed by atoms with E-state index in [0.717, 1.165) is 6.07 Å². The molecule has 0 saturated carbocycles. The summed E-state index contributed by atoms with van der Waals surface area (Å²) in [5, 5.41) is 0. The molecule has 0 saturated heterocycles. The van der Waals surface area contributed by atoms with E-state index in [0.29, 0.717) is 0 Å². The van der Waals surface area contributed by atoms with Gasteiger partial charge in [0, 0.05) is 7.11 Å². The Morgan fingerprint density at radius 3 is 2.55 bits per heavy atom. The average molecular weight is 304 g/mol. The minimum Gasteiger partial charge on any atom is -0.496 e. The van der Waals surface area contributed by atoms with Gasteiger partial charge < -0.3 is 15.2 Å². The number of ether oxygens (including phenoxy) is 2. The van der Waals surface area contributed by atoms with Crippen molar-refractivity contribution >= 4 is 15.9 Å². The average Bonchev–Trinajstić information content (AvgIpc) is 2.42. The Bertz CT molecular complexity index is 572. The lowest BCUT2D eigenvalue weighted by atomic mass is 10.2. The van der Waals surface area contributed by atoms with Crippen LogP contribution in [0.2, 0.25) is 0 Å². The molecule has 20 heavy (non-hydrogen) atoms. The zero-order chi connectivity index (χ0) is 15.2. The minimum atomic E-state index is -3.91. The van der Waals surface area contributed by atoms with Crippen LogP contribution in [-0.2, 0) is 19.6 Å². The maximum atomic E-state index is 11.9. The van der Waals surface area contributed by atoms with Crippen LogP contribution in [0.5, 0.6) is 5.75 Å². The molecule has 0 aromatic heterocycles. The Morgan fingerprint density at radius 2 is 2.00 bits per heavy atom. The van der Waals surface area contributed by atoms with Crippen molar-refractivity contribution in [3.63, 3.8) is 0 Å². The highest BCUT2D eigenvalue weighted by Gasteiger charge is 2.18. The first-order chi connectivity index (χ1) is 9.42. The third-order valence-corrected chi connectivity index (χ3v) is 3.52. The highest BCUT2D eigenvalue weighted by atomic mass is 32.2. The number of benzene rings is 1. The Balaban J connectivity index is 2.95. The molecule has 0 atom stereocenters. The van der Waals surface area contributed by atoms with Crippen molar-refractivity contribution in [1.82, 2.24) is 4.89 Å². The first kappa shape index (κ1) is 16.4. The van der Waals surface area contributed by atoms with Gasteiger partial charge in [0.05, 0.1) is 30.8 Å². The normalized spacial score (nSPS) is 11.3. The maximum absolute atomic E-state index is 11.9. The molecule has 0 aliphatic heterocycles. The molecule has 8 nitrogen and oxygen atoms in total. The fourth-order valence-electron chi connectivity index (χ4n) is 1.34. The first-order valence-corrected chi connectivity index (χ1v) is 7.01. The van der Waals surface area contributed by atoms with Crippen molar-refractivity contribution in [3.05, 3.63) is 23.8 Å². The molecule has 1 aromatic rings. The summed E-state index contributed by atoms with van der Waals surface area (Å²) >= 11 is 0. The second kappa shape index (κ2) is 7.20. The summed E-state index contributed by atoms with van der Waals surface area (Å²) in [6, 6.07) is 3.72. The number of hydrogen-bond acceptors (Lipinski definition) is 6. The number of nitrogens with two attached hydrogens (primary N) is 1. The van der Waals surface area contributed by atoms with Crippen LogP contribution in [-0.4, -0.2) is 41.8 Å². The SMILES string of the molecule is COCCONS(=O)(=O)c1ccc(OC)c(C(N)=O)c1. The Kier molecular flexibility index (Phi) is 5.89. The fourth-order valence-corrected chi connectivity index (χ4v) is 2.19. The van der Waals surface area contributed by atoms with Gasteiger partial charge >= 0.3 is 0 Å². The van der Waals surface area contributed by atoms with Crippen LogP contribution in [0.3, 0.4) is 0 Å². The summed E-state index contributed by atoms with van der Waals surface area (Å²) in [5.74, 6) is -0.601. The molecule has 0 spiro atoms. The molecular weight excluding hydrogens is 288 g/mol. The van der Waals surface area contributed by atoms with E-state index in [1.807, 2.05) is 4.89 Å². The first-order valence-electron chi connectivity index (χ1n) is 5.52. The van der Waals surface area contributed by atoms with Gasteiger partial charge in [-0.3, -0.25) is 9.63 Å². The summed E-state index contributed by atoms with van der Waals surface area (Å²) in [7, 11) is -1.10. The second-order valence-corrected chi connectivity index (χ2v) is 5.30. The smallest absolute Gasteiger partial charge is 0.262 e. The molecule has 0 aliphatic rings. The van der Waals surface area contributed by atoms with Gasteiger partial charge in [0.2, 0.25) is 0 Å². The van der Waals surface area contributed by atoms with Crippen LogP contribution in [0.25, 0.3) is 0 Å². The molecule has 1 aromatic carbocycles. The number of methoxy groups -OCH3 is 2. The van der Waals surface area contributed by atoms with Gasteiger partial charge in [0.25, 0.3) is 15.9 Å². The van der Waals surface area contributed by atoms with Crippen LogP contribution in [0.1, 0.15) is 10.4 Å². The number of rotatable bonds is 8. The van der Waals surface area contributed by atoms with E-state index >= 15 is 0 Å². The molecule has 112 valence electrons. The highest BCUT2D eigenvalue weighted by molar-refractivity contribution is 7.89. The molecule has 0 heterocycles. The number of carbonyl (C=O) groups excluding carboxylic acids is 1. The maximum Gasteiger partial charge on any atom is 0.262 e. The van der Waals surface area contributed by atoms with Crippen LogP contribution >= 0.6 is 0 Å². The molecular formula is C11H16N2O6S. The van der Waals surface area contributed by atoms with Crippen molar-refractivity contribution in [2.24, 2.45) is 5.73 Å². The predicted molar refractivity (Wildman–Crippen MR) is 69.7 cm³/mol. The molecule has 0 unspecified atom stereocenters. The minimum absolute atomic E-state index is 0.0349. The monoisotopic (exact) mass is 304 g/mol. The summed E-state index contributed by atoms with van der Waals surface area (Å²) in [5.41, 5.74) is 5.13. The quantitative estimate of drug-likeness (QED) is 0.501. The van der Waals surface area contributed by atoms with Gasteiger partial charge in [0.15, 0.2) is 0 Å². The molecule has 3 N–H and O–H groups in total. The van der Waals surface area contributed by atoms with Crippen molar-refractivity contribution < 1.29 is 27.5 Å². The van der Waals surface area contributed by atoms with Crippen LogP contribution in [0.15, 0.2) is 23.1 Å². The topological polar surface area (TPSA) is 117 Å². The van der Waals surface area contributed by atoms with Gasteiger partial charge in [-0.25, -0.2) is 8.42 Å². The Hall–Kier alpha value is -1.68.